The minimum Gasteiger partial charge on any atom is -0.267 e. The van der Waals surface area contributed by atoms with Crippen molar-refractivity contribution < 1.29 is 6.22 Å². The van der Waals surface area contributed by atoms with Gasteiger partial charge in [0.25, 0.3) is 5.91 Å². The predicted octanol–water partition coefficient (Wildman–Crippen LogP) is 0.955. The van der Waals surface area contributed by atoms with Crippen LogP contribution in [-0.4, -0.2) is 15.7 Å². The Morgan fingerprint density at radius 1 is 1.89 bits per heavy atom. The number of allylic oxidation sites excluding steroid dienone is 1. The summed E-state index contributed by atoms with van der Waals surface area (Å²) in [5.41, 5.74) is 0. The molecule has 0 aliphatic rings. The Morgan fingerprint density at radius 3 is 3.11 bits per heavy atom. The van der Waals surface area contributed by atoms with E-state index in [0.29, 0.717) is 0 Å². The summed E-state index contributed by atoms with van der Waals surface area (Å²) in [6, 6.07) is 1.68. The summed E-state index contributed by atoms with van der Waals surface area (Å²) < 4.78 is 1.22. The van der Waals surface area contributed by atoms with Gasteiger partial charge in [0.1, 0.15) is 0 Å². The van der Waals surface area contributed by atoms with E-state index in [1.54, 1.807) is 18.5 Å². The smallest absolute Gasteiger partial charge is 0.267 e. The number of nitrogens with zero attached hydrogens (tertiary/aromatic N) is 2. The van der Waals surface area contributed by atoms with Gasteiger partial charge in [0.15, 0.2) is 0 Å². The van der Waals surface area contributed by atoms with Crippen molar-refractivity contribution in [3.63, 3.8) is 0 Å². The molecule has 1 aromatic heterocycles. The normalized spacial score (nSPS) is 8.89. The van der Waals surface area contributed by atoms with Gasteiger partial charge in [-0.2, -0.15) is 5.10 Å². The third kappa shape index (κ3) is 1.05. The average Bonchev–Trinajstić information content (AvgIpc) is 2.37. The maximum atomic E-state index is 10.7. The van der Waals surface area contributed by atoms with Crippen molar-refractivity contribution in [2.75, 3.05) is 0 Å². The lowest BCUT2D eigenvalue weighted by molar-refractivity contribution is 0.0954. The number of aromatic nitrogens is 2. The fourth-order valence-electron chi connectivity index (χ4n) is 0.493. The Balaban J connectivity index is 0.000000810. The molecule has 0 bridgehead atoms. The van der Waals surface area contributed by atoms with Crippen molar-refractivity contribution in [3.05, 3.63) is 31.1 Å². The molecule has 48 valence electrons. The highest BCUT2D eigenvalue weighted by Gasteiger charge is 1.94. The molecule has 0 aliphatic carbocycles. The van der Waals surface area contributed by atoms with Crippen LogP contribution in [0, 0.1) is 0 Å². The fourth-order valence-corrected chi connectivity index (χ4v) is 0.493. The van der Waals surface area contributed by atoms with Crippen molar-refractivity contribution >= 4 is 5.91 Å². The highest BCUT2D eigenvalue weighted by Crippen LogP contribution is 1.83. The average molecular weight is 124 g/mol. The second kappa shape index (κ2) is 2.26. The summed E-state index contributed by atoms with van der Waals surface area (Å²) in [5, 5.41) is 3.68. The third-order valence-electron chi connectivity index (χ3n) is 0.905. The van der Waals surface area contributed by atoms with Crippen LogP contribution in [0.2, 0.25) is 0 Å². The van der Waals surface area contributed by atoms with Crippen LogP contribution >= 0.6 is 0 Å². The monoisotopic (exact) mass is 124 g/mol. The lowest BCUT2D eigenvalue weighted by atomic mass is 10.6. The zero-order chi connectivity index (χ0) is 6.69. The molecule has 1 rings (SSSR count). The highest BCUT2D eigenvalue weighted by atomic mass is 16.2. The Labute approximate surface area is 54.1 Å². The van der Waals surface area contributed by atoms with Gasteiger partial charge in [-0.05, 0) is 12.1 Å². The van der Waals surface area contributed by atoms with Crippen LogP contribution < -0.4 is 0 Å². The molecule has 0 aliphatic heterocycles. The maximum Gasteiger partial charge on any atom is 0.270 e. The van der Waals surface area contributed by atoms with Crippen molar-refractivity contribution in [3.8, 4) is 0 Å². The summed E-state index contributed by atoms with van der Waals surface area (Å²) >= 11 is 0. The highest BCUT2D eigenvalue weighted by molar-refractivity contribution is 5.88. The molecule has 0 aromatic carbocycles. The van der Waals surface area contributed by atoms with E-state index in [1.807, 2.05) is 0 Å². The Bertz CT molecular complexity index is 218. The third-order valence-corrected chi connectivity index (χ3v) is 0.905. The number of carbonyl (C=O) groups excluding carboxylic acids is 1. The van der Waals surface area contributed by atoms with Crippen LogP contribution in [0.5, 0.6) is 0 Å². The van der Waals surface area contributed by atoms with E-state index >= 15 is 0 Å². The minimum atomic E-state index is -0.208. The van der Waals surface area contributed by atoms with E-state index in [9.17, 15) is 4.79 Å². The lowest BCUT2D eigenvalue weighted by Crippen LogP contribution is -2.06. The van der Waals surface area contributed by atoms with E-state index in [2.05, 4.69) is 11.7 Å². The molecule has 0 N–H and O–H groups in total. The van der Waals surface area contributed by atoms with E-state index < -0.39 is 0 Å². The molecule has 0 saturated carbocycles. The SMILES string of the molecule is C=CC(=O)n1cccn1.[HH]. The van der Waals surface area contributed by atoms with E-state index in [-0.39, 0.29) is 7.33 Å². The topological polar surface area (TPSA) is 34.9 Å². The molecular formula is C6H8N2O. The molecular weight excluding hydrogens is 116 g/mol. The fraction of sp³-hybridized carbons (Fsp3) is 0. The first-order chi connectivity index (χ1) is 4.34. The standard InChI is InChI=1S/C6H6N2O.H2/c1-2-6(9)8-5-3-4-7-8;/h2-5H,1H2;1H. The van der Waals surface area contributed by atoms with Crippen molar-refractivity contribution in [1.29, 1.82) is 0 Å². The molecule has 0 radical (unpaired) electrons. The van der Waals surface area contributed by atoms with E-state index in [1.165, 1.54) is 10.8 Å². The number of hydrogen-bond donors (Lipinski definition) is 0. The van der Waals surface area contributed by atoms with E-state index in [4.69, 9.17) is 0 Å². The molecule has 0 fully saturated rings. The number of carbonyl (C=O) groups is 1. The Hall–Kier alpha value is -1.38. The second-order valence-electron chi connectivity index (χ2n) is 1.49. The first kappa shape index (κ1) is 5.75. The minimum absolute atomic E-state index is 0. The zero-order valence-electron chi connectivity index (χ0n) is 4.82. The summed E-state index contributed by atoms with van der Waals surface area (Å²) in [7, 11) is 0. The quantitative estimate of drug-likeness (QED) is 0.522. The molecule has 3 heteroatoms. The van der Waals surface area contributed by atoms with Gasteiger partial charge in [0, 0.05) is 13.8 Å². The van der Waals surface area contributed by atoms with Gasteiger partial charge in [0.05, 0.1) is 0 Å². The van der Waals surface area contributed by atoms with Crippen LogP contribution in [0.4, 0.5) is 0 Å². The van der Waals surface area contributed by atoms with Crippen molar-refractivity contribution in [2.45, 2.75) is 0 Å². The summed E-state index contributed by atoms with van der Waals surface area (Å²) in [6.07, 6.45) is 4.33. The summed E-state index contributed by atoms with van der Waals surface area (Å²) in [6.45, 7) is 3.31. The van der Waals surface area contributed by atoms with Crippen LogP contribution in [0.1, 0.15) is 6.22 Å². The van der Waals surface area contributed by atoms with Crippen LogP contribution in [0.25, 0.3) is 0 Å². The van der Waals surface area contributed by atoms with Crippen molar-refractivity contribution in [1.82, 2.24) is 9.78 Å². The molecule has 0 saturated heterocycles. The first-order valence-electron chi connectivity index (χ1n) is 2.51. The second-order valence-corrected chi connectivity index (χ2v) is 1.49. The van der Waals surface area contributed by atoms with Gasteiger partial charge in [-0.25, -0.2) is 4.68 Å². The predicted molar refractivity (Wildman–Crippen MR) is 35.2 cm³/mol. The van der Waals surface area contributed by atoms with Crippen LogP contribution in [0.15, 0.2) is 31.1 Å². The van der Waals surface area contributed by atoms with Gasteiger partial charge in [0.2, 0.25) is 0 Å². The Morgan fingerprint density at radius 2 is 2.67 bits per heavy atom. The van der Waals surface area contributed by atoms with Crippen LogP contribution in [0.3, 0.4) is 0 Å². The van der Waals surface area contributed by atoms with Gasteiger partial charge in [-0.1, -0.05) is 6.58 Å². The Kier molecular flexibility index (Phi) is 1.44. The van der Waals surface area contributed by atoms with Crippen LogP contribution in [-0.2, 0) is 0 Å². The summed E-state index contributed by atoms with van der Waals surface area (Å²) in [4.78, 5) is 10.7. The molecule has 1 aromatic rings. The molecule has 0 unspecified atom stereocenters. The molecule has 0 amide bonds. The zero-order valence-corrected chi connectivity index (χ0v) is 4.82. The van der Waals surface area contributed by atoms with Gasteiger partial charge >= 0.3 is 0 Å². The molecule has 1 heterocycles. The lowest BCUT2D eigenvalue weighted by Gasteiger charge is -1.88. The van der Waals surface area contributed by atoms with E-state index in [0.717, 1.165) is 0 Å². The largest absolute Gasteiger partial charge is 0.270 e. The maximum absolute atomic E-state index is 10.7. The molecule has 0 atom stereocenters. The summed E-state index contributed by atoms with van der Waals surface area (Å²) in [5.74, 6) is -0.208. The molecule has 9 heavy (non-hydrogen) atoms. The van der Waals surface area contributed by atoms with Gasteiger partial charge in [-0.15, -0.1) is 0 Å². The number of rotatable bonds is 1. The molecule has 0 spiro atoms. The van der Waals surface area contributed by atoms with Gasteiger partial charge < -0.3 is 0 Å². The first-order valence-corrected chi connectivity index (χ1v) is 2.51. The number of hydrogen-bond acceptors (Lipinski definition) is 2. The van der Waals surface area contributed by atoms with Gasteiger partial charge in [-0.3, -0.25) is 4.79 Å². The van der Waals surface area contributed by atoms with Crippen molar-refractivity contribution in [2.24, 2.45) is 0 Å². The molecule has 3 nitrogen and oxygen atoms in total.